The van der Waals surface area contributed by atoms with E-state index in [1.54, 1.807) is 14.2 Å². The second-order valence-electron chi connectivity index (χ2n) is 6.33. The molecule has 1 aromatic carbocycles. The van der Waals surface area contributed by atoms with Crippen LogP contribution in [-0.2, 0) is 38.1 Å². The van der Waals surface area contributed by atoms with E-state index in [0.717, 1.165) is 12.1 Å². The van der Waals surface area contributed by atoms with Crippen LogP contribution in [0, 0.1) is 5.41 Å². The van der Waals surface area contributed by atoms with E-state index in [0.29, 0.717) is 18.0 Å². The predicted molar refractivity (Wildman–Crippen MR) is 86.7 cm³/mol. The molecule has 7 heteroatoms. The molecule has 2 atom stereocenters. The summed E-state index contributed by atoms with van der Waals surface area (Å²) in [4.78, 5) is 2.11. The van der Waals surface area contributed by atoms with Crippen LogP contribution in [0.2, 0.25) is 0 Å². The molecule has 0 aromatic heterocycles. The number of ether oxygens (including phenoxy) is 2. The van der Waals surface area contributed by atoms with Crippen molar-refractivity contribution in [1.82, 2.24) is 4.90 Å². The van der Waals surface area contributed by atoms with Gasteiger partial charge in [0.2, 0.25) is 0 Å². The van der Waals surface area contributed by atoms with Gasteiger partial charge in [0.25, 0.3) is 0 Å². The second-order valence-corrected chi connectivity index (χ2v) is 6.33. The van der Waals surface area contributed by atoms with Crippen molar-refractivity contribution in [3.05, 3.63) is 34.7 Å². The molecule has 1 heterocycles. The van der Waals surface area contributed by atoms with Crippen LogP contribution in [0.1, 0.15) is 19.4 Å². The quantitative estimate of drug-likeness (QED) is 0.450. The van der Waals surface area contributed by atoms with Gasteiger partial charge in [-0.25, -0.2) is 0 Å². The molecule has 1 radical (unpaired) electrons. The first-order valence-electron chi connectivity index (χ1n) is 7.15. The number of likely N-dealkylation sites (tertiary alicyclic amines) is 1. The van der Waals surface area contributed by atoms with Crippen molar-refractivity contribution in [1.29, 1.82) is 0 Å². The van der Waals surface area contributed by atoms with E-state index in [9.17, 15) is 5.41 Å². The van der Waals surface area contributed by atoms with Crippen molar-refractivity contribution in [3.63, 3.8) is 0 Å². The molecule has 0 unspecified atom stereocenters. The zero-order valence-corrected chi connectivity index (χ0v) is 17.2. The number of likely N-dealkylation sites (N-methyl/N-ethyl adjacent to an activating group) is 1. The Balaban J connectivity index is 0.00000264. The monoisotopic (exact) mass is 391 g/mol. The third-order valence-corrected chi connectivity index (χ3v) is 5.00. The number of amidine groups is 1. The zero-order chi connectivity index (χ0) is 16.5. The summed E-state index contributed by atoms with van der Waals surface area (Å²) in [7, 11) is 5.17. The van der Waals surface area contributed by atoms with Crippen molar-refractivity contribution in [2.24, 2.45) is 10.5 Å². The predicted octanol–water partition coefficient (Wildman–Crippen LogP) is 2.90. The van der Waals surface area contributed by atoms with Crippen LogP contribution < -0.4 is 9.47 Å². The Kier molecular flexibility index (Phi) is 6.47. The molecule has 23 heavy (non-hydrogen) atoms. The SMILES string of the molecule is COc1ccc([C@]2(C)CN(C)C[C@@]2(C)C(=[N-])N=[N-])cc1OC.[Y]. The maximum atomic E-state index is 10.2. The first kappa shape index (κ1) is 20.2. The van der Waals surface area contributed by atoms with Crippen LogP contribution in [0.4, 0.5) is 0 Å². The number of methoxy groups -OCH3 is 2. The molecule has 0 aliphatic carbocycles. The second kappa shape index (κ2) is 7.37. The van der Waals surface area contributed by atoms with Gasteiger partial charge >= 0.3 is 0 Å². The summed E-state index contributed by atoms with van der Waals surface area (Å²) >= 11 is 0. The Labute approximate surface area is 162 Å². The van der Waals surface area contributed by atoms with Crippen LogP contribution in [-0.4, -0.2) is 45.1 Å². The fraction of sp³-hybridized carbons (Fsp3) is 0.562. The van der Waals surface area contributed by atoms with Gasteiger partial charge in [-0.15, -0.1) is 5.84 Å². The van der Waals surface area contributed by atoms with E-state index in [4.69, 9.17) is 15.0 Å². The van der Waals surface area contributed by atoms with Gasteiger partial charge in [-0.2, -0.15) is 0 Å². The van der Waals surface area contributed by atoms with Gasteiger partial charge in [0.05, 0.1) is 14.2 Å². The molecule has 2 rings (SSSR count). The Morgan fingerprint density at radius 1 is 1.17 bits per heavy atom. The minimum absolute atomic E-state index is 0. The van der Waals surface area contributed by atoms with Crippen LogP contribution in [0.5, 0.6) is 11.5 Å². The fourth-order valence-electron chi connectivity index (χ4n) is 3.50. The van der Waals surface area contributed by atoms with Gasteiger partial charge in [-0.05, 0) is 24.7 Å². The van der Waals surface area contributed by atoms with E-state index in [2.05, 4.69) is 16.9 Å². The van der Waals surface area contributed by atoms with Crippen molar-refractivity contribution < 1.29 is 42.2 Å². The Morgan fingerprint density at radius 3 is 2.30 bits per heavy atom. The van der Waals surface area contributed by atoms with E-state index >= 15 is 0 Å². The van der Waals surface area contributed by atoms with Crippen LogP contribution >= 0.6 is 0 Å². The first-order chi connectivity index (χ1) is 10.3. The Morgan fingerprint density at radius 2 is 1.78 bits per heavy atom. The first-order valence-corrected chi connectivity index (χ1v) is 7.15. The maximum Gasteiger partial charge on any atom is 0.161 e. The van der Waals surface area contributed by atoms with E-state index in [1.165, 1.54) is 0 Å². The molecule has 1 aromatic rings. The summed E-state index contributed by atoms with van der Waals surface area (Å²) < 4.78 is 10.7. The Hall–Kier alpha value is -0.846. The average Bonchev–Trinajstić information content (AvgIpc) is 2.76. The number of benzene rings is 1. The molecule has 123 valence electrons. The summed E-state index contributed by atoms with van der Waals surface area (Å²) in [5.74, 6) is 1.04. The van der Waals surface area contributed by atoms with Crippen LogP contribution in [0.25, 0.3) is 10.9 Å². The van der Waals surface area contributed by atoms with Crippen molar-refractivity contribution in [2.45, 2.75) is 19.3 Å². The fourth-order valence-corrected chi connectivity index (χ4v) is 3.50. The summed E-state index contributed by atoms with van der Waals surface area (Å²) in [6.07, 6.45) is 0. The number of hydrogen-bond acceptors (Lipinski definition) is 3. The molecule has 0 bridgehead atoms. The van der Waals surface area contributed by atoms with Crippen molar-refractivity contribution in [2.75, 3.05) is 34.4 Å². The molecule has 6 nitrogen and oxygen atoms in total. The Bertz CT molecular complexity index is 610. The standard InChI is InChI=1S/C16H22N4O2.Y/c1-15(9-20(3)10-16(15,2)14(17)19-18)11-6-7-12(21-4)13(8-11)22-5;/h6-8H,9-10H2,1-5H3;/q-2;/t15-,16-;/m0./s1. The molecule has 1 aliphatic rings. The summed E-state index contributed by atoms with van der Waals surface area (Å²) in [5, 5.41) is 13.2. The van der Waals surface area contributed by atoms with Crippen LogP contribution in [0.3, 0.4) is 0 Å². The van der Waals surface area contributed by atoms with E-state index < -0.39 is 10.8 Å². The third-order valence-electron chi connectivity index (χ3n) is 5.00. The summed E-state index contributed by atoms with van der Waals surface area (Å²) in [6.45, 7) is 5.27. The molecule has 1 saturated heterocycles. The van der Waals surface area contributed by atoms with Gasteiger partial charge in [0.15, 0.2) is 11.5 Å². The summed E-state index contributed by atoms with van der Waals surface area (Å²) in [6, 6.07) is 5.73. The molecule has 0 amide bonds. The minimum atomic E-state index is -0.698. The summed E-state index contributed by atoms with van der Waals surface area (Å²) in [5.41, 5.74) is 8.95. The van der Waals surface area contributed by atoms with Crippen molar-refractivity contribution >= 4 is 5.84 Å². The van der Waals surface area contributed by atoms with E-state index in [1.807, 2.05) is 32.2 Å². The van der Waals surface area contributed by atoms with Gasteiger partial charge in [-0.3, -0.25) is 0 Å². The molecule has 1 aliphatic heterocycles. The molecule has 0 N–H and O–H groups in total. The normalized spacial score (nSPS) is 27.2. The van der Waals surface area contributed by atoms with Gasteiger partial charge in [-0.1, -0.05) is 19.9 Å². The molecule has 0 spiro atoms. The average molecular weight is 391 g/mol. The van der Waals surface area contributed by atoms with Crippen molar-refractivity contribution in [3.8, 4) is 11.5 Å². The van der Waals surface area contributed by atoms with Crippen LogP contribution in [0.15, 0.2) is 23.3 Å². The van der Waals surface area contributed by atoms with Gasteiger partial charge < -0.3 is 30.4 Å². The molecule has 0 saturated carbocycles. The maximum absolute atomic E-state index is 10.2. The van der Waals surface area contributed by atoms with E-state index in [-0.39, 0.29) is 38.5 Å². The topological polar surface area (TPSA) is 78.7 Å². The number of nitrogens with zero attached hydrogens (tertiary/aromatic N) is 4. The third kappa shape index (κ3) is 3.21. The largest absolute Gasteiger partial charge is 0.842 e. The number of rotatable bonds is 4. The molecular formula is C16H22N4O2Y-2. The molecule has 1 fully saturated rings. The smallest absolute Gasteiger partial charge is 0.161 e. The molecular weight excluding hydrogens is 369 g/mol. The van der Waals surface area contributed by atoms with Gasteiger partial charge in [0, 0.05) is 56.6 Å². The number of hydrogen-bond donors (Lipinski definition) is 0. The van der Waals surface area contributed by atoms with Gasteiger partial charge in [0.1, 0.15) is 0 Å². The zero-order valence-electron chi connectivity index (χ0n) is 14.3. The minimum Gasteiger partial charge on any atom is -0.842 e.